The summed E-state index contributed by atoms with van der Waals surface area (Å²) < 4.78 is 17.5. The molecule has 2 heterocycles. The van der Waals surface area contributed by atoms with Crippen molar-refractivity contribution in [1.82, 2.24) is 14.8 Å². The third-order valence-corrected chi connectivity index (χ3v) is 4.90. The number of esters is 1. The van der Waals surface area contributed by atoms with Crippen LogP contribution in [-0.2, 0) is 9.53 Å². The molecule has 9 nitrogen and oxygen atoms in total. The molecule has 0 aliphatic heterocycles. The minimum atomic E-state index is -0.612. The second kappa shape index (κ2) is 9.67. The lowest BCUT2D eigenvalue weighted by molar-refractivity contribution is -0.119. The summed E-state index contributed by atoms with van der Waals surface area (Å²) in [5.74, 6) is 0.0271. The number of nitrogens with one attached hydrogen (secondary N) is 1. The van der Waals surface area contributed by atoms with Gasteiger partial charge >= 0.3 is 5.97 Å². The molecule has 3 aromatic rings. The van der Waals surface area contributed by atoms with E-state index in [0.29, 0.717) is 33.8 Å². The quantitative estimate of drug-likeness (QED) is 0.529. The molecule has 2 aromatic heterocycles. The molecule has 1 amide bonds. The van der Waals surface area contributed by atoms with E-state index < -0.39 is 18.5 Å². The van der Waals surface area contributed by atoms with Crippen molar-refractivity contribution >= 4 is 28.6 Å². The number of anilines is 1. The summed E-state index contributed by atoms with van der Waals surface area (Å²) in [6, 6.07) is 6.77. The normalized spacial score (nSPS) is 11.1. The number of benzene rings is 1. The molecule has 0 radical (unpaired) electrons. The van der Waals surface area contributed by atoms with Gasteiger partial charge in [-0.3, -0.25) is 4.79 Å². The van der Waals surface area contributed by atoms with Crippen molar-refractivity contribution in [3.8, 4) is 11.5 Å². The smallest absolute Gasteiger partial charge is 0.339 e. The molecule has 0 bridgehead atoms. The Morgan fingerprint density at radius 3 is 2.47 bits per heavy atom. The Bertz CT molecular complexity index is 1140. The van der Waals surface area contributed by atoms with Crippen LogP contribution in [0.3, 0.4) is 0 Å². The van der Waals surface area contributed by atoms with Crippen LogP contribution in [-0.4, -0.2) is 47.5 Å². The van der Waals surface area contributed by atoms with E-state index >= 15 is 0 Å². The van der Waals surface area contributed by atoms with Gasteiger partial charge in [-0.25, -0.2) is 14.5 Å². The number of ether oxygens (including phenoxy) is 3. The number of carbonyl (C=O) groups excluding carboxylic acids is 2. The topological polar surface area (TPSA) is 105 Å². The van der Waals surface area contributed by atoms with Gasteiger partial charge in [-0.15, -0.1) is 0 Å². The van der Waals surface area contributed by atoms with Crippen molar-refractivity contribution < 1.29 is 23.8 Å². The van der Waals surface area contributed by atoms with Crippen LogP contribution in [0.2, 0.25) is 0 Å². The zero-order chi connectivity index (χ0) is 23.4. The maximum atomic E-state index is 12.9. The van der Waals surface area contributed by atoms with E-state index in [1.807, 2.05) is 27.7 Å². The molecule has 32 heavy (non-hydrogen) atoms. The first-order valence-corrected chi connectivity index (χ1v) is 10.3. The molecular weight excluding hydrogens is 412 g/mol. The van der Waals surface area contributed by atoms with Gasteiger partial charge in [0.1, 0.15) is 11.5 Å². The average Bonchev–Trinajstić information content (AvgIpc) is 3.21. The molecule has 0 aliphatic rings. The monoisotopic (exact) mass is 440 g/mol. The van der Waals surface area contributed by atoms with Gasteiger partial charge in [0.2, 0.25) is 0 Å². The fraction of sp³-hybridized carbons (Fsp3) is 0.391. The van der Waals surface area contributed by atoms with Crippen LogP contribution in [0.25, 0.3) is 11.0 Å². The van der Waals surface area contributed by atoms with Crippen molar-refractivity contribution in [1.29, 1.82) is 0 Å². The lowest BCUT2D eigenvalue weighted by atomic mass is 10.1. The Morgan fingerprint density at radius 2 is 1.84 bits per heavy atom. The zero-order valence-electron chi connectivity index (χ0n) is 19.1. The molecule has 0 atom stereocenters. The van der Waals surface area contributed by atoms with Crippen LogP contribution >= 0.6 is 0 Å². The van der Waals surface area contributed by atoms with Gasteiger partial charge in [0.25, 0.3) is 5.91 Å². The van der Waals surface area contributed by atoms with Crippen molar-refractivity contribution in [3.05, 3.63) is 41.7 Å². The molecular formula is C23H28N4O5. The maximum Gasteiger partial charge on any atom is 0.339 e. The summed E-state index contributed by atoms with van der Waals surface area (Å²) >= 11 is 0. The van der Waals surface area contributed by atoms with Crippen LogP contribution < -0.4 is 14.8 Å². The van der Waals surface area contributed by atoms with Crippen LogP contribution in [0.5, 0.6) is 11.5 Å². The number of pyridine rings is 1. The third kappa shape index (κ3) is 4.82. The number of amides is 1. The Balaban J connectivity index is 1.78. The minimum absolute atomic E-state index is 0.0801. The second-order valence-corrected chi connectivity index (χ2v) is 7.86. The Hall–Kier alpha value is -3.62. The Morgan fingerprint density at radius 1 is 1.09 bits per heavy atom. The van der Waals surface area contributed by atoms with Gasteiger partial charge in [0.05, 0.1) is 37.1 Å². The molecule has 0 saturated carbocycles. The van der Waals surface area contributed by atoms with Gasteiger partial charge in [-0.2, -0.15) is 5.10 Å². The fourth-order valence-electron chi connectivity index (χ4n) is 3.18. The van der Waals surface area contributed by atoms with Crippen molar-refractivity contribution in [3.63, 3.8) is 0 Å². The zero-order valence-corrected chi connectivity index (χ0v) is 19.1. The Kier molecular flexibility index (Phi) is 6.97. The van der Waals surface area contributed by atoms with E-state index in [1.165, 1.54) is 14.2 Å². The standard InChI is InChI=1S/C23H28N4O5/c1-13(2)19-10-16(17-11-24-27(14(3)4)22(17)26-19)23(29)32-12-21(28)25-18-8-7-15(30-5)9-20(18)31-6/h7-11,13-14H,12H2,1-6H3,(H,25,28). The number of aromatic nitrogens is 3. The lowest BCUT2D eigenvalue weighted by Crippen LogP contribution is -2.21. The van der Waals surface area contributed by atoms with Crippen molar-refractivity contribution in [2.45, 2.75) is 39.7 Å². The predicted octanol–water partition coefficient (Wildman–Crippen LogP) is 3.95. The molecule has 1 N–H and O–H groups in total. The first-order chi connectivity index (χ1) is 15.2. The summed E-state index contributed by atoms with van der Waals surface area (Å²) in [5.41, 5.74) is 2.14. The first-order valence-electron chi connectivity index (χ1n) is 10.3. The summed E-state index contributed by atoms with van der Waals surface area (Å²) in [6.45, 7) is 7.52. The lowest BCUT2D eigenvalue weighted by Gasteiger charge is -2.13. The molecule has 0 spiro atoms. The van der Waals surface area contributed by atoms with Gasteiger partial charge in [0, 0.05) is 17.8 Å². The van der Waals surface area contributed by atoms with E-state index in [2.05, 4.69) is 15.4 Å². The van der Waals surface area contributed by atoms with E-state index in [-0.39, 0.29) is 12.0 Å². The van der Waals surface area contributed by atoms with Crippen LogP contribution in [0.4, 0.5) is 5.69 Å². The van der Waals surface area contributed by atoms with Gasteiger partial charge in [0.15, 0.2) is 12.3 Å². The number of methoxy groups -OCH3 is 2. The molecule has 0 unspecified atom stereocenters. The molecule has 0 fully saturated rings. The highest BCUT2D eigenvalue weighted by atomic mass is 16.5. The summed E-state index contributed by atoms with van der Waals surface area (Å²) in [4.78, 5) is 29.9. The highest BCUT2D eigenvalue weighted by Crippen LogP contribution is 2.29. The fourth-order valence-corrected chi connectivity index (χ4v) is 3.18. The van der Waals surface area contributed by atoms with Crippen LogP contribution in [0.1, 0.15) is 55.7 Å². The van der Waals surface area contributed by atoms with Crippen molar-refractivity contribution in [2.75, 3.05) is 26.1 Å². The molecule has 9 heteroatoms. The number of carbonyl (C=O) groups is 2. The number of hydrogen-bond acceptors (Lipinski definition) is 7. The molecule has 170 valence electrons. The number of rotatable bonds is 8. The van der Waals surface area contributed by atoms with Gasteiger partial charge in [-0.05, 0) is 38.0 Å². The van der Waals surface area contributed by atoms with E-state index in [1.54, 1.807) is 35.1 Å². The Labute approximate surface area is 186 Å². The predicted molar refractivity (Wildman–Crippen MR) is 120 cm³/mol. The summed E-state index contributed by atoms with van der Waals surface area (Å²) in [5, 5.41) is 7.63. The van der Waals surface area contributed by atoms with Crippen molar-refractivity contribution in [2.24, 2.45) is 0 Å². The highest BCUT2D eigenvalue weighted by molar-refractivity contribution is 6.04. The SMILES string of the molecule is COc1ccc(NC(=O)COC(=O)c2cc(C(C)C)nc3c2cnn3C(C)C)c(OC)c1. The summed E-state index contributed by atoms with van der Waals surface area (Å²) in [6.07, 6.45) is 1.60. The molecule has 0 saturated heterocycles. The van der Waals surface area contributed by atoms with Crippen LogP contribution in [0, 0.1) is 0 Å². The van der Waals surface area contributed by atoms with Gasteiger partial charge in [-0.1, -0.05) is 13.8 Å². The highest BCUT2D eigenvalue weighted by Gasteiger charge is 2.21. The summed E-state index contributed by atoms with van der Waals surface area (Å²) in [7, 11) is 3.03. The third-order valence-electron chi connectivity index (χ3n) is 4.90. The van der Waals surface area contributed by atoms with Crippen LogP contribution in [0.15, 0.2) is 30.5 Å². The maximum absolute atomic E-state index is 12.9. The number of nitrogens with zero attached hydrogens (tertiary/aromatic N) is 3. The number of fused-ring (bicyclic) bond motifs is 1. The molecule has 0 aliphatic carbocycles. The van der Waals surface area contributed by atoms with E-state index in [9.17, 15) is 9.59 Å². The minimum Gasteiger partial charge on any atom is -0.497 e. The molecule has 3 rings (SSSR count). The van der Waals surface area contributed by atoms with Gasteiger partial charge < -0.3 is 19.5 Å². The first kappa shape index (κ1) is 23.1. The molecule has 1 aromatic carbocycles. The van der Waals surface area contributed by atoms with E-state index in [0.717, 1.165) is 5.69 Å². The van der Waals surface area contributed by atoms with E-state index in [4.69, 9.17) is 14.2 Å². The average molecular weight is 441 g/mol. The second-order valence-electron chi connectivity index (χ2n) is 7.86. The number of hydrogen-bond donors (Lipinski definition) is 1. The largest absolute Gasteiger partial charge is 0.497 e.